The largest absolute Gasteiger partial charge is 0.253 e. The summed E-state index contributed by atoms with van der Waals surface area (Å²) in [6.45, 7) is 2.01. The first-order valence-corrected chi connectivity index (χ1v) is 7.99. The summed E-state index contributed by atoms with van der Waals surface area (Å²) in [5.74, 6) is 1.10. The van der Waals surface area contributed by atoms with Crippen LogP contribution in [0.25, 0.3) is 11.5 Å². The lowest BCUT2D eigenvalue weighted by Crippen LogP contribution is -2.04. The Morgan fingerprint density at radius 3 is 2.70 bits per heavy atom. The Bertz CT molecular complexity index is 639. The summed E-state index contributed by atoms with van der Waals surface area (Å²) >= 11 is 9.81. The molecular formula is C15H15BrClN3. The fraction of sp³-hybridized carbons (Fsp3) is 0.400. The third kappa shape index (κ3) is 2.59. The van der Waals surface area contributed by atoms with Crippen LogP contribution in [0.2, 0.25) is 5.15 Å². The minimum Gasteiger partial charge on any atom is -0.253 e. The number of rotatable bonds is 2. The Morgan fingerprint density at radius 2 is 2.00 bits per heavy atom. The molecule has 1 saturated carbocycles. The van der Waals surface area contributed by atoms with Gasteiger partial charge in [0.1, 0.15) is 10.8 Å². The molecule has 0 aliphatic heterocycles. The fourth-order valence-corrected chi connectivity index (χ4v) is 3.41. The molecule has 0 unspecified atom stereocenters. The van der Waals surface area contributed by atoms with E-state index in [-0.39, 0.29) is 0 Å². The molecule has 0 N–H and O–H groups in total. The number of hydrogen-bond donors (Lipinski definition) is 0. The maximum atomic E-state index is 6.27. The molecule has 5 heteroatoms. The van der Waals surface area contributed by atoms with E-state index in [0.717, 1.165) is 21.4 Å². The van der Waals surface area contributed by atoms with Crippen molar-refractivity contribution in [3.8, 4) is 11.5 Å². The van der Waals surface area contributed by atoms with E-state index >= 15 is 0 Å². The molecule has 0 atom stereocenters. The van der Waals surface area contributed by atoms with Crippen molar-refractivity contribution in [2.75, 3.05) is 0 Å². The third-order valence-electron chi connectivity index (χ3n) is 3.80. The summed E-state index contributed by atoms with van der Waals surface area (Å²) in [7, 11) is 0. The van der Waals surface area contributed by atoms with Crippen LogP contribution >= 0.6 is 27.5 Å². The van der Waals surface area contributed by atoms with Gasteiger partial charge in [0.25, 0.3) is 0 Å². The topological polar surface area (TPSA) is 38.7 Å². The molecule has 20 heavy (non-hydrogen) atoms. The van der Waals surface area contributed by atoms with E-state index in [1.807, 2.05) is 19.1 Å². The average molecular weight is 353 g/mol. The molecule has 3 nitrogen and oxygen atoms in total. The van der Waals surface area contributed by atoms with Gasteiger partial charge in [0.05, 0.1) is 10.2 Å². The van der Waals surface area contributed by atoms with Crippen LogP contribution in [0.1, 0.15) is 42.9 Å². The Kier molecular flexibility index (Phi) is 4.03. The molecule has 0 amide bonds. The summed E-state index contributed by atoms with van der Waals surface area (Å²) < 4.78 is 0.836. The highest BCUT2D eigenvalue weighted by molar-refractivity contribution is 9.10. The van der Waals surface area contributed by atoms with Crippen molar-refractivity contribution >= 4 is 27.5 Å². The van der Waals surface area contributed by atoms with E-state index in [1.165, 1.54) is 25.7 Å². The number of halogens is 2. The first-order chi connectivity index (χ1) is 9.66. The van der Waals surface area contributed by atoms with Crippen molar-refractivity contribution in [3.63, 3.8) is 0 Å². The molecule has 0 saturated heterocycles. The van der Waals surface area contributed by atoms with Crippen LogP contribution in [0.15, 0.2) is 22.8 Å². The lowest BCUT2D eigenvalue weighted by Gasteiger charge is -2.13. The summed E-state index contributed by atoms with van der Waals surface area (Å²) in [5, 5.41) is 0.474. The number of hydrogen-bond acceptors (Lipinski definition) is 3. The number of aromatic nitrogens is 3. The SMILES string of the molecule is Cc1cccnc1-c1nc(Cl)c(Br)c(C2CCCC2)n1. The lowest BCUT2D eigenvalue weighted by molar-refractivity contribution is 0.690. The summed E-state index contributed by atoms with van der Waals surface area (Å²) in [6.07, 6.45) is 6.63. The Hall–Kier alpha value is -1.00. The summed E-state index contributed by atoms with van der Waals surface area (Å²) in [6, 6.07) is 3.92. The molecule has 3 rings (SSSR count). The van der Waals surface area contributed by atoms with Crippen LogP contribution in [0.4, 0.5) is 0 Å². The first kappa shape index (κ1) is 14.0. The van der Waals surface area contributed by atoms with Gasteiger partial charge in [-0.25, -0.2) is 9.97 Å². The van der Waals surface area contributed by atoms with Crippen LogP contribution in [-0.4, -0.2) is 15.0 Å². The molecule has 0 bridgehead atoms. The summed E-state index contributed by atoms with van der Waals surface area (Å²) in [5.41, 5.74) is 2.90. The number of aryl methyl sites for hydroxylation is 1. The van der Waals surface area contributed by atoms with Crippen molar-refractivity contribution in [2.24, 2.45) is 0 Å². The van der Waals surface area contributed by atoms with Gasteiger partial charge < -0.3 is 0 Å². The van der Waals surface area contributed by atoms with E-state index in [4.69, 9.17) is 16.6 Å². The van der Waals surface area contributed by atoms with Gasteiger partial charge >= 0.3 is 0 Å². The number of pyridine rings is 1. The predicted molar refractivity (Wildman–Crippen MR) is 83.9 cm³/mol. The van der Waals surface area contributed by atoms with Gasteiger partial charge in [-0.15, -0.1) is 0 Å². The molecule has 1 aliphatic rings. The highest BCUT2D eigenvalue weighted by Crippen LogP contribution is 2.39. The predicted octanol–water partition coefficient (Wildman–Crippen LogP) is 4.92. The standard InChI is InChI=1S/C15H15BrClN3/c1-9-5-4-8-18-12(9)15-19-13(10-6-2-3-7-10)11(16)14(17)20-15/h4-5,8,10H,2-3,6-7H2,1H3. The van der Waals surface area contributed by atoms with Crippen molar-refractivity contribution in [1.82, 2.24) is 15.0 Å². The molecule has 0 aromatic carbocycles. The second-order valence-electron chi connectivity index (χ2n) is 5.19. The van der Waals surface area contributed by atoms with E-state index in [2.05, 4.69) is 25.9 Å². The lowest BCUT2D eigenvalue weighted by atomic mass is 10.0. The van der Waals surface area contributed by atoms with Gasteiger partial charge in [0.15, 0.2) is 5.82 Å². The van der Waals surface area contributed by atoms with E-state index in [1.54, 1.807) is 6.20 Å². The van der Waals surface area contributed by atoms with Gasteiger partial charge in [-0.2, -0.15) is 0 Å². The first-order valence-electron chi connectivity index (χ1n) is 6.81. The van der Waals surface area contributed by atoms with Gasteiger partial charge in [0, 0.05) is 12.1 Å². The Balaban J connectivity index is 2.11. The van der Waals surface area contributed by atoms with Crippen LogP contribution in [0, 0.1) is 6.92 Å². The van der Waals surface area contributed by atoms with Gasteiger partial charge in [-0.3, -0.25) is 4.98 Å². The molecule has 2 aromatic rings. The Labute approximate surface area is 132 Å². The van der Waals surface area contributed by atoms with E-state index < -0.39 is 0 Å². The highest BCUT2D eigenvalue weighted by Gasteiger charge is 2.24. The quantitative estimate of drug-likeness (QED) is 0.720. The van der Waals surface area contributed by atoms with Crippen LogP contribution in [0.5, 0.6) is 0 Å². The zero-order valence-corrected chi connectivity index (χ0v) is 13.6. The molecule has 2 aromatic heterocycles. The van der Waals surface area contributed by atoms with Crippen molar-refractivity contribution in [2.45, 2.75) is 38.5 Å². The maximum Gasteiger partial charge on any atom is 0.180 e. The molecule has 0 spiro atoms. The van der Waals surface area contributed by atoms with Gasteiger partial charge in [-0.1, -0.05) is 30.5 Å². The fourth-order valence-electron chi connectivity index (χ4n) is 2.73. The van der Waals surface area contributed by atoms with E-state index in [9.17, 15) is 0 Å². The normalized spacial score (nSPS) is 15.8. The van der Waals surface area contributed by atoms with Crippen molar-refractivity contribution in [1.29, 1.82) is 0 Å². The Morgan fingerprint density at radius 1 is 1.25 bits per heavy atom. The van der Waals surface area contributed by atoms with Crippen molar-refractivity contribution < 1.29 is 0 Å². The zero-order chi connectivity index (χ0) is 14.1. The smallest absolute Gasteiger partial charge is 0.180 e. The molecule has 1 aliphatic carbocycles. The molecule has 2 heterocycles. The average Bonchev–Trinajstić information content (AvgIpc) is 2.96. The molecule has 104 valence electrons. The number of nitrogens with zero attached hydrogens (tertiary/aromatic N) is 3. The van der Waals surface area contributed by atoms with Crippen LogP contribution < -0.4 is 0 Å². The zero-order valence-electron chi connectivity index (χ0n) is 11.2. The van der Waals surface area contributed by atoms with Crippen molar-refractivity contribution in [3.05, 3.63) is 39.2 Å². The van der Waals surface area contributed by atoms with Crippen LogP contribution in [0.3, 0.4) is 0 Å². The molecule has 0 radical (unpaired) electrons. The van der Waals surface area contributed by atoms with E-state index in [0.29, 0.717) is 16.9 Å². The molecular weight excluding hydrogens is 338 g/mol. The second kappa shape index (κ2) is 5.78. The summed E-state index contributed by atoms with van der Waals surface area (Å²) in [4.78, 5) is 13.5. The minimum atomic E-state index is 0.474. The molecule has 1 fully saturated rings. The van der Waals surface area contributed by atoms with Gasteiger partial charge in [-0.05, 0) is 47.3 Å². The third-order valence-corrected chi connectivity index (χ3v) is 5.08. The monoisotopic (exact) mass is 351 g/mol. The minimum absolute atomic E-state index is 0.474. The maximum absolute atomic E-state index is 6.27. The van der Waals surface area contributed by atoms with Crippen LogP contribution in [-0.2, 0) is 0 Å². The highest BCUT2D eigenvalue weighted by atomic mass is 79.9. The second-order valence-corrected chi connectivity index (χ2v) is 6.34. The van der Waals surface area contributed by atoms with Gasteiger partial charge in [0.2, 0.25) is 0 Å².